The van der Waals surface area contributed by atoms with Gasteiger partial charge in [0, 0.05) is 41.6 Å². The predicted molar refractivity (Wildman–Crippen MR) is 112 cm³/mol. The lowest BCUT2D eigenvalue weighted by Gasteiger charge is -2.09. The van der Waals surface area contributed by atoms with Crippen LogP contribution in [0.25, 0.3) is 16.9 Å². The van der Waals surface area contributed by atoms with Crippen molar-refractivity contribution in [3.63, 3.8) is 0 Å². The SMILES string of the molecule is Cc1ccccc1NC(=O)OCc1ccc(-n2[nH]cc(-c3cccnc3)c2=O)nc1. The number of benzene rings is 1. The molecule has 8 nitrogen and oxygen atoms in total. The number of ether oxygens (including phenoxy) is 1. The number of aromatic nitrogens is 4. The fourth-order valence-corrected chi connectivity index (χ4v) is 2.91. The molecule has 0 unspecified atom stereocenters. The molecule has 3 aromatic heterocycles. The van der Waals surface area contributed by atoms with Crippen molar-refractivity contribution in [3.8, 4) is 16.9 Å². The van der Waals surface area contributed by atoms with Gasteiger partial charge < -0.3 is 4.74 Å². The predicted octanol–water partition coefficient (Wildman–Crippen LogP) is 3.68. The second-order valence-corrected chi connectivity index (χ2v) is 6.61. The average molecular weight is 401 g/mol. The monoisotopic (exact) mass is 401 g/mol. The molecule has 0 atom stereocenters. The molecule has 1 aromatic carbocycles. The number of carbonyl (C=O) groups excluding carboxylic acids is 1. The van der Waals surface area contributed by atoms with E-state index < -0.39 is 6.09 Å². The molecule has 30 heavy (non-hydrogen) atoms. The van der Waals surface area contributed by atoms with Gasteiger partial charge >= 0.3 is 6.09 Å². The number of hydrogen-bond acceptors (Lipinski definition) is 5. The van der Waals surface area contributed by atoms with Gasteiger partial charge in [-0.1, -0.05) is 30.3 Å². The standard InChI is InChI=1S/C22H19N5O3/c1-15-5-2-3-7-19(15)26-22(29)30-14-16-8-9-20(24-11-16)27-21(28)18(13-25-27)17-6-4-10-23-12-17/h2-13,25H,14H2,1H3,(H,26,29). The molecule has 4 rings (SSSR count). The highest BCUT2D eigenvalue weighted by Crippen LogP contribution is 2.15. The van der Waals surface area contributed by atoms with Crippen LogP contribution in [0, 0.1) is 6.92 Å². The van der Waals surface area contributed by atoms with Crippen molar-refractivity contribution in [2.45, 2.75) is 13.5 Å². The van der Waals surface area contributed by atoms with Crippen molar-refractivity contribution < 1.29 is 9.53 Å². The van der Waals surface area contributed by atoms with E-state index >= 15 is 0 Å². The zero-order chi connectivity index (χ0) is 20.9. The minimum absolute atomic E-state index is 0.0611. The Morgan fingerprint density at radius 3 is 2.73 bits per heavy atom. The Kier molecular flexibility index (Phi) is 5.38. The Labute approximate surface area is 172 Å². The molecule has 0 spiro atoms. The molecule has 0 bridgehead atoms. The van der Waals surface area contributed by atoms with Crippen molar-refractivity contribution in [1.29, 1.82) is 0 Å². The summed E-state index contributed by atoms with van der Waals surface area (Å²) in [6, 6.07) is 14.5. The van der Waals surface area contributed by atoms with Crippen LogP contribution in [0.15, 0.2) is 78.1 Å². The molecule has 0 fully saturated rings. The van der Waals surface area contributed by atoms with Crippen LogP contribution in [0.2, 0.25) is 0 Å². The summed E-state index contributed by atoms with van der Waals surface area (Å²) >= 11 is 0. The van der Waals surface area contributed by atoms with Crippen LogP contribution in [0.5, 0.6) is 0 Å². The van der Waals surface area contributed by atoms with Gasteiger partial charge in [0.15, 0.2) is 5.82 Å². The first-order chi connectivity index (χ1) is 14.6. The highest BCUT2D eigenvalue weighted by Gasteiger charge is 2.11. The first kappa shape index (κ1) is 19.1. The van der Waals surface area contributed by atoms with Crippen molar-refractivity contribution in [2.24, 2.45) is 0 Å². The maximum atomic E-state index is 12.7. The van der Waals surface area contributed by atoms with Crippen molar-refractivity contribution in [3.05, 3.63) is 94.8 Å². The quantitative estimate of drug-likeness (QED) is 0.531. The molecular weight excluding hydrogens is 382 g/mol. The molecule has 150 valence electrons. The first-order valence-corrected chi connectivity index (χ1v) is 9.27. The number of aromatic amines is 1. The third kappa shape index (κ3) is 4.12. The molecule has 4 aromatic rings. The van der Waals surface area contributed by atoms with Crippen molar-refractivity contribution in [1.82, 2.24) is 19.7 Å². The highest BCUT2D eigenvalue weighted by atomic mass is 16.5. The second-order valence-electron chi connectivity index (χ2n) is 6.61. The van der Waals surface area contributed by atoms with E-state index in [4.69, 9.17) is 4.74 Å². The molecule has 0 aliphatic rings. The smallest absolute Gasteiger partial charge is 0.411 e. The van der Waals surface area contributed by atoms with E-state index in [2.05, 4.69) is 20.4 Å². The fourth-order valence-electron chi connectivity index (χ4n) is 2.91. The minimum atomic E-state index is -0.546. The molecule has 0 radical (unpaired) electrons. The first-order valence-electron chi connectivity index (χ1n) is 9.27. The summed E-state index contributed by atoms with van der Waals surface area (Å²) in [5, 5.41) is 5.62. The average Bonchev–Trinajstić information content (AvgIpc) is 3.16. The van der Waals surface area contributed by atoms with Crippen molar-refractivity contribution in [2.75, 3.05) is 5.32 Å². The number of carbonyl (C=O) groups is 1. The largest absolute Gasteiger partial charge is 0.444 e. The molecule has 3 heterocycles. The van der Waals surface area contributed by atoms with E-state index in [0.717, 1.165) is 11.1 Å². The molecule has 1 amide bonds. The topological polar surface area (TPSA) is 102 Å². The summed E-state index contributed by atoms with van der Waals surface area (Å²) in [6.07, 6.45) is 5.92. The zero-order valence-corrected chi connectivity index (χ0v) is 16.2. The van der Waals surface area contributed by atoms with E-state index in [0.29, 0.717) is 22.6 Å². The summed E-state index contributed by atoms with van der Waals surface area (Å²) in [5.74, 6) is 0.434. The normalized spacial score (nSPS) is 10.6. The van der Waals surface area contributed by atoms with E-state index in [-0.39, 0.29) is 12.2 Å². The van der Waals surface area contributed by atoms with Crippen molar-refractivity contribution >= 4 is 11.8 Å². The Morgan fingerprint density at radius 2 is 2.00 bits per heavy atom. The summed E-state index contributed by atoms with van der Waals surface area (Å²) in [5.41, 5.74) is 3.35. The molecule has 8 heteroatoms. The Morgan fingerprint density at radius 1 is 1.13 bits per heavy atom. The molecule has 2 N–H and O–H groups in total. The van der Waals surface area contributed by atoms with Gasteiger partial charge in [0.2, 0.25) is 0 Å². The number of amides is 1. The van der Waals surface area contributed by atoms with Gasteiger partial charge in [0.25, 0.3) is 5.56 Å². The van der Waals surface area contributed by atoms with Crippen LogP contribution >= 0.6 is 0 Å². The third-order valence-corrected chi connectivity index (χ3v) is 4.53. The molecule has 0 aliphatic carbocycles. The molecule has 0 saturated heterocycles. The van der Waals surface area contributed by atoms with E-state index in [9.17, 15) is 9.59 Å². The van der Waals surface area contributed by atoms with Gasteiger partial charge in [-0.05, 0) is 30.7 Å². The number of anilines is 1. The molecular formula is C22H19N5O3. The van der Waals surface area contributed by atoms with Gasteiger partial charge in [-0.2, -0.15) is 0 Å². The number of aryl methyl sites for hydroxylation is 1. The Balaban J connectivity index is 1.41. The van der Waals surface area contributed by atoms with Gasteiger partial charge in [-0.3, -0.25) is 20.2 Å². The zero-order valence-electron chi connectivity index (χ0n) is 16.2. The number of rotatable bonds is 5. The number of nitrogens with zero attached hydrogens (tertiary/aromatic N) is 3. The molecule has 0 aliphatic heterocycles. The Hall–Kier alpha value is -4.20. The summed E-state index contributed by atoms with van der Waals surface area (Å²) in [7, 11) is 0. The molecule has 0 saturated carbocycles. The summed E-state index contributed by atoms with van der Waals surface area (Å²) in [6.45, 7) is 1.96. The number of hydrogen-bond donors (Lipinski definition) is 2. The lowest BCUT2D eigenvalue weighted by atomic mass is 10.2. The number of pyridine rings is 2. The van der Waals surface area contributed by atoms with Gasteiger partial charge in [-0.15, -0.1) is 0 Å². The van der Waals surface area contributed by atoms with Gasteiger partial charge in [0.1, 0.15) is 6.61 Å². The lowest BCUT2D eigenvalue weighted by Crippen LogP contribution is -2.17. The minimum Gasteiger partial charge on any atom is -0.444 e. The van der Waals surface area contributed by atoms with E-state index in [1.54, 1.807) is 49.1 Å². The number of nitrogens with one attached hydrogen (secondary N) is 2. The van der Waals surface area contributed by atoms with Crippen LogP contribution in [-0.2, 0) is 11.3 Å². The van der Waals surface area contributed by atoms with Crippen LogP contribution in [0.1, 0.15) is 11.1 Å². The fraction of sp³-hybridized carbons (Fsp3) is 0.0909. The van der Waals surface area contributed by atoms with E-state index in [1.807, 2.05) is 31.2 Å². The third-order valence-electron chi connectivity index (χ3n) is 4.53. The maximum Gasteiger partial charge on any atom is 0.411 e. The van der Waals surface area contributed by atoms with Crippen LogP contribution in [-0.4, -0.2) is 25.8 Å². The number of H-pyrrole nitrogens is 1. The lowest BCUT2D eigenvalue weighted by molar-refractivity contribution is 0.155. The van der Waals surface area contributed by atoms with Crippen LogP contribution in [0.3, 0.4) is 0 Å². The highest BCUT2D eigenvalue weighted by molar-refractivity contribution is 5.85. The van der Waals surface area contributed by atoms with Gasteiger partial charge in [-0.25, -0.2) is 14.5 Å². The van der Waals surface area contributed by atoms with Crippen LogP contribution in [0.4, 0.5) is 10.5 Å². The summed E-state index contributed by atoms with van der Waals surface area (Å²) in [4.78, 5) is 33.0. The number of para-hydroxylation sites is 1. The van der Waals surface area contributed by atoms with E-state index in [1.165, 1.54) is 4.68 Å². The Bertz CT molecular complexity index is 1210. The van der Waals surface area contributed by atoms with Gasteiger partial charge in [0.05, 0.1) is 5.56 Å². The maximum absolute atomic E-state index is 12.7. The summed E-state index contributed by atoms with van der Waals surface area (Å²) < 4.78 is 6.59. The second kappa shape index (κ2) is 8.44. The van der Waals surface area contributed by atoms with Crippen LogP contribution < -0.4 is 10.9 Å².